The maximum atomic E-state index is 12.7. The summed E-state index contributed by atoms with van der Waals surface area (Å²) in [7, 11) is 1.77. The van der Waals surface area contributed by atoms with Crippen molar-refractivity contribution in [3.8, 4) is 0 Å². The Hall–Kier alpha value is -2.44. The van der Waals surface area contributed by atoms with Crippen molar-refractivity contribution < 1.29 is 4.79 Å². The topological polar surface area (TPSA) is 54.3 Å². The molecule has 1 N–H and O–H groups in total. The summed E-state index contributed by atoms with van der Waals surface area (Å²) in [4.78, 5) is 26.9. The summed E-state index contributed by atoms with van der Waals surface area (Å²) in [5.74, 6) is 0.122. The molecule has 28 heavy (non-hydrogen) atoms. The minimum atomic E-state index is 0.0134. The number of carbonyl (C=O) groups excluding carboxylic acids is 1. The maximum Gasteiger partial charge on any atom is 0.307 e. The molecule has 0 bridgehead atoms. The molecular weight excluding hydrogens is 370 g/mol. The van der Waals surface area contributed by atoms with E-state index in [1.54, 1.807) is 11.6 Å². The number of carbonyl (C=O) groups is 1. The smallest absolute Gasteiger partial charge is 0.307 e. The van der Waals surface area contributed by atoms with E-state index in [9.17, 15) is 9.59 Å². The lowest BCUT2D eigenvalue weighted by atomic mass is 9.95. The number of rotatable bonds is 4. The Balaban J connectivity index is 1.34. The van der Waals surface area contributed by atoms with Crippen molar-refractivity contribution in [3.63, 3.8) is 0 Å². The molecule has 1 aliphatic heterocycles. The second kappa shape index (κ2) is 7.89. The Morgan fingerprint density at radius 2 is 1.96 bits per heavy atom. The molecule has 2 aromatic carbocycles. The van der Waals surface area contributed by atoms with E-state index in [-0.39, 0.29) is 16.7 Å². The third-order valence-corrected chi connectivity index (χ3v) is 6.50. The van der Waals surface area contributed by atoms with Gasteiger partial charge in [-0.25, -0.2) is 0 Å². The van der Waals surface area contributed by atoms with E-state index >= 15 is 0 Å². The van der Waals surface area contributed by atoms with Crippen LogP contribution >= 0.6 is 11.3 Å². The van der Waals surface area contributed by atoms with Gasteiger partial charge in [0.1, 0.15) is 0 Å². The zero-order valence-electron chi connectivity index (χ0n) is 16.3. The minimum Gasteiger partial charge on any atom is -0.326 e. The molecule has 3 aromatic rings. The van der Waals surface area contributed by atoms with Gasteiger partial charge in [0.05, 0.1) is 10.2 Å². The van der Waals surface area contributed by atoms with Gasteiger partial charge in [0.15, 0.2) is 0 Å². The highest BCUT2D eigenvalue weighted by atomic mass is 32.1. The molecule has 1 aromatic heterocycles. The number of benzene rings is 2. The van der Waals surface area contributed by atoms with Crippen LogP contribution in [0.15, 0.2) is 47.3 Å². The predicted octanol–water partition coefficient (Wildman–Crippen LogP) is 3.76. The first-order chi connectivity index (χ1) is 13.5. The van der Waals surface area contributed by atoms with Gasteiger partial charge in [-0.3, -0.25) is 14.5 Å². The van der Waals surface area contributed by atoms with Crippen LogP contribution in [0.4, 0.5) is 5.69 Å². The van der Waals surface area contributed by atoms with Gasteiger partial charge in [0.2, 0.25) is 5.91 Å². The highest BCUT2D eigenvalue weighted by molar-refractivity contribution is 7.16. The van der Waals surface area contributed by atoms with E-state index in [2.05, 4.69) is 41.4 Å². The number of piperidine rings is 1. The number of aryl methyl sites for hydroxylation is 2. The number of aromatic nitrogens is 1. The summed E-state index contributed by atoms with van der Waals surface area (Å²) >= 11 is 1.21. The quantitative estimate of drug-likeness (QED) is 0.732. The van der Waals surface area contributed by atoms with E-state index in [0.717, 1.165) is 48.4 Å². The summed E-state index contributed by atoms with van der Waals surface area (Å²) in [6, 6.07) is 14.3. The van der Waals surface area contributed by atoms with Crippen LogP contribution in [0.1, 0.15) is 24.0 Å². The lowest BCUT2D eigenvalue weighted by Crippen LogP contribution is -2.37. The third kappa shape index (κ3) is 4.03. The summed E-state index contributed by atoms with van der Waals surface area (Å²) in [5.41, 5.74) is 4.28. The molecule has 4 rings (SSSR count). The van der Waals surface area contributed by atoms with Crippen LogP contribution in [0.5, 0.6) is 0 Å². The lowest BCUT2D eigenvalue weighted by molar-refractivity contribution is -0.121. The van der Waals surface area contributed by atoms with Crippen LogP contribution in [-0.4, -0.2) is 28.5 Å². The number of likely N-dealkylation sites (tertiary alicyclic amines) is 1. The second-order valence-corrected chi connectivity index (χ2v) is 8.63. The molecule has 0 aliphatic carbocycles. The predicted molar refractivity (Wildman–Crippen MR) is 115 cm³/mol. The molecule has 1 fully saturated rings. The average molecular weight is 396 g/mol. The number of anilines is 1. The van der Waals surface area contributed by atoms with Gasteiger partial charge in [0.25, 0.3) is 0 Å². The summed E-state index contributed by atoms with van der Waals surface area (Å²) in [6.45, 7) is 4.93. The van der Waals surface area contributed by atoms with Crippen LogP contribution in [0.2, 0.25) is 0 Å². The fourth-order valence-electron chi connectivity index (χ4n) is 3.88. The number of nitrogens with zero attached hydrogens (tertiary/aromatic N) is 2. The first kappa shape index (κ1) is 18.9. The molecule has 0 unspecified atom stereocenters. The van der Waals surface area contributed by atoms with Gasteiger partial charge in [-0.1, -0.05) is 41.2 Å². The number of hydrogen-bond acceptors (Lipinski definition) is 4. The molecule has 0 spiro atoms. The lowest BCUT2D eigenvalue weighted by Gasteiger charge is -2.31. The third-order valence-electron chi connectivity index (χ3n) is 5.51. The van der Waals surface area contributed by atoms with Crippen molar-refractivity contribution in [1.29, 1.82) is 0 Å². The summed E-state index contributed by atoms with van der Waals surface area (Å²) < 4.78 is 2.54. The molecule has 5 nitrogen and oxygen atoms in total. The SMILES string of the molecule is Cc1cccc(CN2CCC(C(=O)Nc3ccc4c(c3)sc(=O)n4C)CC2)c1. The number of thiazole rings is 1. The fraction of sp³-hybridized carbons (Fsp3) is 0.364. The standard InChI is InChI=1S/C22H25N3O2S/c1-15-4-3-5-16(12-15)14-25-10-8-17(9-11-25)21(26)23-18-6-7-19-20(13-18)28-22(27)24(19)2/h3-7,12-13,17H,8-11,14H2,1-2H3,(H,23,26). The Bertz CT molecular complexity index is 1060. The maximum absolute atomic E-state index is 12.7. The van der Waals surface area contributed by atoms with E-state index in [1.165, 1.54) is 22.5 Å². The van der Waals surface area contributed by atoms with Crippen molar-refractivity contribution in [2.75, 3.05) is 18.4 Å². The molecular formula is C22H25N3O2S. The normalized spacial score (nSPS) is 15.8. The number of amides is 1. The minimum absolute atomic E-state index is 0.0134. The Morgan fingerprint density at radius 3 is 2.71 bits per heavy atom. The summed E-state index contributed by atoms with van der Waals surface area (Å²) in [6.07, 6.45) is 1.75. The monoisotopic (exact) mass is 395 g/mol. The Morgan fingerprint density at radius 1 is 1.18 bits per heavy atom. The zero-order valence-corrected chi connectivity index (χ0v) is 17.1. The van der Waals surface area contributed by atoms with E-state index < -0.39 is 0 Å². The first-order valence-corrected chi connectivity index (χ1v) is 10.5. The Labute approximate surface area is 168 Å². The van der Waals surface area contributed by atoms with Crippen molar-refractivity contribution in [2.45, 2.75) is 26.3 Å². The average Bonchev–Trinajstić information content (AvgIpc) is 2.96. The molecule has 0 atom stereocenters. The van der Waals surface area contributed by atoms with Crippen LogP contribution < -0.4 is 10.2 Å². The Kier molecular flexibility index (Phi) is 5.33. The van der Waals surface area contributed by atoms with Gasteiger partial charge < -0.3 is 9.88 Å². The van der Waals surface area contributed by atoms with Gasteiger partial charge in [-0.05, 0) is 56.6 Å². The molecule has 146 valence electrons. The number of fused-ring (bicyclic) bond motifs is 1. The van der Waals surface area contributed by atoms with Gasteiger partial charge in [-0.2, -0.15) is 0 Å². The van der Waals surface area contributed by atoms with Crippen molar-refractivity contribution in [2.24, 2.45) is 13.0 Å². The van der Waals surface area contributed by atoms with Crippen molar-refractivity contribution >= 4 is 33.1 Å². The van der Waals surface area contributed by atoms with Gasteiger partial charge >= 0.3 is 4.87 Å². The molecule has 0 saturated carbocycles. The summed E-state index contributed by atoms with van der Waals surface area (Å²) in [5, 5.41) is 3.04. The molecule has 6 heteroatoms. The van der Waals surface area contributed by atoms with E-state index in [0.29, 0.717) is 0 Å². The van der Waals surface area contributed by atoms with Crippen LogP contribution in [0.3, 0.4) is 0 Å². The highest BCUT2D eigenvalue weighted by Gasteiger charge is 2.25. The van der Waals surface area contributed by atoms with Gasteiger partial charge in [-0.15, -0.1) is 0 Å². The number of nitrogens with one attached hydrogen (secondary N) is 1. The molecule has 1 saturated heterocycles. The molecule has 2 heterocycles. The van der Waals surface area contributed by atoms with E-state index in [1.807, 2.05) is 18.2 Å². The van der Waals surface area contributed by atoms with Crippen LogP contribution in [0.25, 0.3) is 10.2 Å². The van der Waals surface area contributed by atoms with E-state index in [4.69, 9.17) is 0 Å². The van der Waals surface area contributed by atoms with Crippen molar-refractivity contribution in [1.82, 2.24) is 9.47 Å². The van der Waals surface area contributed by atoms with Crippen molar-refractivity contribution in [3.05, 3.63) is 63.3 Å². The van der Waals surface area contributed by atoms with Gasteiger partial charge in [0, 0.05) is 25.2 Å². The van der Waals surface area contributed by atoms with Crippen LogP contribution in [-0.2, 0) is 18.4 Å². The second-order valence-electron chi connectivity index (χ2n) is 7.64. The molecule has 0 radical (unpaired) electrons. The fourth-order valence-corrected chi connectivity index (χ4v) is 4.80. The zero-order chi connectivity index (χ0) is 19.7. The number of hydrogen-bond donors (Lipinski definition) is 1. The first-order valence-electron chi connectivity index (χ1n) is 9.68. The van der Waals surface area contributed by atoms with Crippen LogP contribution in [0, 0.1) is 12.8 Å². The molecule has 1 aliphatic rings. The molecule has 1 amide bonds. The highest BCUT2D eigenvalue weighted by Crippen LogP contribution is 2.24. The largest absolute Gasteiger partial charge is 0.326 e.